The van der Waals surface area contributed by atoms with Gasteiger partial charge in [0.1, 0.15) is 5.82 Å². The van der Waals surface area contributed by atoms with E-state index in [0.717, 1.165) is 55.6 Å². The van der Waals surface area contributed by atoms with Crippen LogP contribution >= 0.6 is 23.8 Å². The Hall–Kier alpha value is -1.37. The molecule has 134 valence electrons. The molecule has 3 heterocycles. The molecule has 0 unspecified atom stereocenters. The number of fused-ring (bicyclic) bond motifs is 1. The zero-order chi connectivity index (χ0) is 17.2. The van der Waals surface area contributed by atoms with Gasteiger partial charge in [-0.15, -0.1) is 0 Å². The third-order valence-electron chi connectivity index (χ3n) is 5.30. The van der Waals surface area contributed by atoms with Gasteiger partial charge >= 0.3 is 0 Å². The van der Waals surface area contributed by atoms with Crippen molar-refractivity contribution in [2.24, 2.45) is 0 Å². The van der Waals surface area contributed by atoms with Crippen molar-refractivity contribution in [2.45, 2.75) is 38.9 Å². The molecule has 0 amide bonds. The van der Waals surface area contributed by atoms with Crippen LogP contribution in [0.3, 0.4) is 0 Å². The Morgan fingerprint density at radius 3 is 2.76 bits per heavy atom. The Kier molecular flexibility index (Phi) is 5.10. The second-order valence-corrected chi connectivity index (χ2v) is 7.84. The number of aromatic nitrogens is 3. The first-order valence-electron chi connectivity index (χ1n) is 9.21. The first-order chi connectivity index (χ1) is 12.2. The van der Waals surface area contributed by atoms with E-state index in [1.807, 2.05) is 12.1 Å². The van der Waals surface area contributed by atoms with E-state index in [9.17, 15) is 0 Å². The second kappa shape index (κ2) is 7.48. The van der Waals surface area contributed by atoms with Gasteiger partial charge in [-0.1, -0.05) is 24.1 Å². The molecule has 1 aromatic heterocycles. The molecule has 0 spiro atoms. The number of benzene rings is 1. The van der Waals surface area contributed by atoms with E-state index >= 15 is 0 Å². The van der Waals surface area contributed by atoms with Gasteiger partial charge in [-0.05, 0) is 43.3 Å². The van der Waals surface area contributed by atoms with Gasteiger partial charge in [0, 0.05) is 23.7 Å². The Bertz CT molecular complexity index is 791. The van der Waals surface area contributed by atoms with Gasteiger partial charge in [-0.3, -0.25) is 0 Å². The summed E-state index contributed by atoms with van der Waals surface area (Å²) in [6.07, 6.45) is 4.80. The fraction of sp³-hybridized carbons (Fsp3) is 0.556. The lowest BCUT2D eigenvalue weighted by molar-refractivity contribution is -0.924. The van der Waals surface area contributed by atoms with E-state index in [2.05, 4.69) is 26.3 Å². The summed E-state index contributed by atoms with van der Waals surface area (Å²) in [5, 5.41) is 5.62. The van der Waals surface area contributed by atoms with Crippen molar-refractivity contribution in [3.8, 4) is 0 Å². The van der Waals surface area contributed by atoms with E-state index in [4.69, 9.17) is 28.9 Å². The number of nitrogens with one attached hydrogen (secondary N) is 1. The predicted molar refractivity (Wildman–Crippen MR) is 103 cm³/mol. The number of hydrogen-bond donors (Lipinski definition) is 1. The lowest BCUT2D eigenvalue weighted by Gasteiger charge is -2.33. The summed E-state index contributed by atoms with van der Waals surface area (Å²) >= 11 is 11.8. The summed E-state index contributed by atoms with van der Waals surface area (Å²) in [4.78, 5) is 3.96. The molecular weight excluding hydrogens is 354 g/mol. The minimum atomic E-state index is 0.804. The predicted octanol–water partition coefficient (Wildman–Crippen LogP) is 2.16. The summed E-state index contributed by atoms with van der Waals surface area (Å²) in [6.45, 7) is 6.17. The first kappa shape index (κ1) is 17.1. The number of rotatable bonds is 3. The monoisotopic (exact) mass is 378 g/mol. The van der Waals surface area contributed by atoms with Crippen LogP contribution in [0.5, 0.6) is 0 Å². The largest absolute Gasteiger partial charge is 0.360 e. The number of quaternary nitrogens is 1. The highest BCUT2D eigenvalue weighted by atomic mass is 35.5. The molecule has 0 saturated carbocycles. The van der Waals surface area contributed by atoms with Crippen molar-refractivity contribution in [3.63, 3.8) is 0 Å². The Balaban J connectivity index is 1.40. The molecule has 0 aliphatic carbocycles. The Morgan fingerprint density at radius 2 is 1.96 bits per heavy atom. The van der Waals surface area contributed by atoms with Crippen molar-refractivity contribution in [2.75, 3.05) is 31.1 Å². The van der Waals surface area contributed by atoms with E-state index < -0.39 is 0 Å². The SMILES string of the molecule is S=c1n(C[NH+]2CCN(c3cccc(Cl)c3)CC2)nc2n1CCCCC2. The van der Waals surface area contributed by atoms with Gasteiger partial charge in [0.25, 0.3) is 0 Å². The summed E-state index contributed by atoms with van der Waals surface area (Å²) in [5.74, 6) is 1.18. The van der Waals surface area contributed by atoms with Crippen LogP contribution < -0.4 is 9.80 Å². The van der Waals surface area contributed by atoms with Crippen LogP contribution in [0.15, 0.2) is 24.3 Å². The molecule has 1 fully saturated rings. The van der Waals surface area contributed by atoms with Crippen molar-refractivity contribution in [3.05, 3.63) is 39.9 Å². The fourth-order valence-corrected chi connectivity index (χ4v) is 4.34. The van der Waals surface area contributed by atoms with Gasteiger partial charge in [0.2, 0.25) is 4.77 Å². The Labute approximate surface area is 158 Å². The summed E-state index contributed by atoms with van der Waals surface area (Å²) in [5.41, 5.74) is 1.22. The third kappa shape index (κ3) is 3.76. The van der Waals surface area contributed by atoms with Crippen LogP contribution in [0, 0.1) is 4.77 Å². The summed E-state index contributed by atoms with van der Waals surface area (Å²) < 4.78 is 5.21. The zero-order valence-corrected chi connectivity index (χ0v) is 16.0. The summed E-state index contributed by atoms with van der Waals surface area (Å²) in [7, 11) is 0. The van der Waals surface area contributed by atoms with Crippen molar-refractivity contribution in [1.29, 1.82) is 0 Å². The highest BCUT2D eigenvalue weighted by molar-refractivity contribution is 7.71. The molecule has 2 aliphatic rings. The molecule has 0 radical (unpaired) electrons. The lowest BCUT2D eigenvalue weighted by atomic mass is 10.2. The van der Waals surface area contributed by atoms with Crippen LogP contribution in [-0.4, -0.2) is 40.5 Å². The molecule has 0 atom stereocenters. The molecular formula is C18H25ClN5S+. The van der Waals surface area contributed by atoms with Gasteiger partial charge in [-0.25, -0.2) is 0 Å². The molecule has 0 bridgehead atoms. The molecule has 2 aromatic rings. The van der Waals surface area contributed by atoms with E-state index in [1.165, 1.54) is 30.8 Å². The molecule has 4 rings (SSSR count). The molecule has 7 heteroatoms. The zero-order valence-electron chi connectivity index (χ0n) is 14.5. The summed E-state index contributed by atoms with van der Waals surface area (Å²) in [6, 6.07) is 8.14. The van der Waals surface area contributed by atoms with Gasteiger partial charge < -0.3 is 14.4 Å². The minimum Gasteiger partial charge on any atom is -0.360 e. The highest BCUT2D eigenvalue weighted by Gasteiger charge is 2.22. The van der Waals surface area contributed by atoms with Gasteiger partial charge in [0.05, 0.1) is 26.2 Å². The average molecular weight is 379 g/mol. The van der Waals surface area contributed by atoms with Crippen LogP contribution in [0.4, 0.5) is 5.69 Å². The molecule has 2 aliphatic heterocycles. The van der Waals surface area contributed by atoms with E-state index in [1.54, 1.807) is 4.90 Å². The second-order valence-electron chi connectivity index (χ2n) is 7.04. The normalized spacial score (nSPS) is 18.8. The topological polar surface area (TPSA) is 30.4 Å². The smallest absolute Gasteiger partial charge is 0.202 e. The molecule has 1 saturated heterocycles. The van der Waals surface area contributed by atoms with Crippen molar-refractivity contribution >= 4 is 29.5 Å². The van der Waals surface area contributed by atoms with E-state index in [-0.39, 0.29) is 0 Å². The van der Waals surface area contributed by atoms with E-state index in [0.29, 0.717) is 0 Å². The maximum atomic E-state index is 6.12. The standard InChI is InChI=1S/C18H24ClN5S/c19-15-5-4-6-16(13-15)22-11-9-21(10-12-22)14-24-18(25)23-8-3-1-2-7-17(23)20-24/h4-6,13H,1-3,7-12,14H2/p+1. The van der Waals surface area contributed by atoms with Gasteiger partial charge in [-0.2, -0.15) is 9.78 Å². The maximum absolute atomic E-state index is 6.12. The van der Waals surface area contributed by atoms with Crippen LogP contribution in [0.2, 0.25) is 5.02 Å². The van der Waals surface area contributed by atoms with Gasteiger partial charge in [0.15, 0.2) is 6.67 Å². The number of anilines is 1. The number of hydrogen-bond acceptors (Lipinski definition) is 3. The quantitative estimate of drug-likeness (QED) is 0.830. The first-order valence-corrected chi connectivity index (χ1v) is 10.00. The number of piperazine rings is 1. The van der Waals surface area contributed by atoms with Crippen LogP contribution in [0.1, 0.15) is 25.1 Å². The average Bonchev–Trinajstić information content (AvgIpc) is 2.79. The fourth-order valence-electron chi connectivity index (χ4n) is 3.85. The highest BCUT2D eigenvalue weighted by Crippen LogP contribution is 2.19. The lowest BCUT2D eigenvalue weighted by Crippen LogP contribution is -3.14. The minimum absolute atomic E-state index is 0.804. The maximum Gasteiger partial charge on any atom is 0.202 e. The third-order valence-corrected chi connectivity index (χ3v) is 5.97. The number of nitrogens with zero attached hydrogens (tertiary/aromatic N) is 4. The molecule has 5 nitrogen and oxygen atoms in total. The van der Waals surface area contributed by atoms with Crippen molar-refractivity contribution < 1.29 is 4.90 Å². The molecule has 1 N–H and O–H groups in total. The number of halogens is 1. The van der Waals surface area contributed by atoms with Crippen LogP contribution in [-0.2, 0) is 19.6 Å². The number of aryl methyl sites for hydroxylation is 1. The van der Waals surface area contributed by atoms with Crippen molar-refractivity contribution in [1.82, 2.24) is 14.3 Å². The molecule has 1 aromatic carbocycles. The molecule has 25 heavy (non-hydrogen) atoms. The van der Waals surface area contributed by atoms with Crippen LogP contribution in [0.25, 0.3) is 0 Å². The Morgan fingerprint density at radius 1 is 1.12 bits per heavy atom.